The van der Waals surface area contributed by atoms with Crippen molar-refractivity contribution in [1.29, 1.82) is 0 Å². The number of nitrogens with zero attached hydrogens (tertiary/aromatic N) is 2. The highest BCUT2D eigenvalue weighted by molar-refractivity contribution is 5.50. The van der Waals surface area contributed by atoms with Gasteiger partial charge in [-0.2, -0.15) is 10.2 Å². The summed E-state index contributed by atoms with van der Waals surface area (Å²) < 4.78 is 0. The van der Waals surface area contributed by atoms with E-state index in [0.717, 1.165) is 11.1 Å². The molecule has 2 N–H and O–H groups in total. The fourth-order valence-electron chi connectivity index (χ4n) is 2.00. The van der Waals surface area contributed by atoms with Crippen molar-refractivity contribution in [3.8, 4) is 11.5 Å². The van der Waals surface area contributed by atoms with E-state index in [1.807, 2.05) is 33.8 Å². The van der Waals surface area contributed by atoms with Gasteiger partial charge < -0.3 is 10.2 Å². The quantitative estimate of drug-likeness (QED) is 0.752. The molecule has 21 heavy (non-hydrogen) atoms. The monoisotopic (exact) mass is 284 g/mol. The molecule has 0 aliphatic carbocycles. The molecule has 0 fully saturated rings. The number of aromatic hydroxyl groups is 2. The van der Waals surface area contributed by atoms with Gasteiger partial charge >= 0.3 is 0 Å². The zero-order valence-electron chi connectivity index (χ0n) is 12.8. The first-order valence-corrected chi connectivity index (χ1v) is 6.82. The second kappa shape index (κ2) is 5.56. The number of benzene rings is 2. The van der Waals surface area contributed by atoms with E-state index in [9.17, 15) is 10.2 Å². The van der Waals surface area contributed by atoms with E-state index in [4.69, 9.17) is 0 Å². The van der Waals surface area contributed by atoms with Crippen LogP contribution in [0.5, 0.6) is 11.5 Å². The standard InChI is InChI=1S/C17H20N2O2/c1-11-9-12(5-7-15(11)20)18-19-13-6-8-16(21)14(10-13)17(2,3)4/h5-10,20-21H,1-4H3. The minimum absolute atomic E-state index is 0.162. The van der Waals surface area contributed by atoms with E-state index >= 15 is 0 Å². The molecule has 2 aromatic rings. The molecule has 0 radical (unpaired) electrons. The number of rotatable bonds is 2. The minimum Gasteiger partial charge on any atom is -0.508 e. The van der Waals surface area contributed by atoms with Crippen LogP contribution in [-0.2, 0) is 5.41 Å². The molecule has 4 nitrogen and oxygen atoms in total. The van der Waals surface area contributed by atoms with E-state index in [1.54, 1.807) is 30.3 Å². The molecule has 0 unspecified atom stereocenters. The van der Waals surface area contributed by atoms with Crippen molar-refractivity contribution in [3.05, 3.63) is 47.5 Å². The van der Waals surface area contributed by atoms with Gasteiger partial charge in [-0.05, 0) is 54.3 Å². The van der Waals surface area contributed by atoms with Crippen LogP contribution in [0.4, 0.5) is 11.4 Å². The second-order valence-electron chi connectivity index (χ2n) is 6.12. The number of hydrogen-bond donors (Lipinski definition) is 2. The van der Waals surface area contributed by atoms with Gasteiger partial charge in [0, 0.05) is 5.56 Å². The maximum atomic E-state index is 9.92. The van der Waals surface area contributed by atoms with Crippen LogP contribution in [0.25, 0.3) is 0 Å². The SMILES string of the molecule is Cc1cc(N=Nc2ccc(O)c(C(C)(C)C)c2)ccc1O. The zero-order chi connectivity index (χ0) is 15.6. The Balaban J connectivity index is 2.31. The highest BCUT2D eigenvalue weighted by Crippen LogP contribution is 2.34. The van der Waals surface area contributed by atoms with Crippen molar-refractivity contribution in [3.63, 3.8) is 0 Å². The third kappa shape index (κ3) is 3.60. The summed E-state index contributed by atoms with van der Waals surface area (Å²) in [4.78, 5) is 0. The lowest BCUT2D eigenvalue weighted by atomic mass is 9.86. The smallest absolute Gasteiger partial charge is 0.119 e. The Morgan fingerprint density at radius 2 is 1.33 bits per heavy atom. The first kappa shape index (κ1) is 15.0. The van der Waals surface area contributed by atoms with Crippen LogP contribution in [0.2, 0.25) is 0 Å². The molecule has 0 aliphatic heterocycles. The number of phenols is 2. The van der Waals surface area contributed by atoms with Crippen LogP contribution in [0.1, 0.15) is 31.9 Å². The van der Waals surface area contributed by atoms with Gasteiger partial charge in [0.1, 0.15) is 11.5 Å². The van der Waals surface area contributed by atoms with Gasteiger partial charge in [0.25, 0.3) is 0 Å². The van der Waals surface area contributed by atoms with Gasteiger partial charge in [-0.1, -0.05) is 20.8 Å². The van der Waals surface area contributed by atoms with Crippen molar-refractivity contribution in [2.75, 3.05) is 0 Å². The van der Waals surface area contributed by atoms with Crippen molar-refractivity contribution < 1.29 is 10.2 Å². The predicted molar refractivity (Wildman–Crippen MR) is 83.8 cm³/mol. The largest absolute Gasteiger partial charge is 0.508 e. The van der Waals surface area contributed by atoms with E-state index in [2.05, 4.69) is 10.2 Å². The lowest BCUT2D eigenvalue weighted by molar-refractivity contribution is 0.447. The summed E-state index contributed by atoms with van der Waals surface area (Å²) in [5.41, 5.74) is 2.79. The van der Waals surface area contributed by atoms with Gasteiger partial charge in [-0.15, -0.1) is 0 Å². The van der Waals surface area contributed by atoms with Crippen LogP contribution in [0.15, 0.2) is 46.6 Å². The summed E-state index contributed by atoms with van der Waals surface area (Å²) in [6.45, 7) is 7.91. The van der Waals surface area contributed by atoms with E-state index < -0.39 is 0 Å². The van der Waals surface area contributed by atoms with Gasteiger partial charge in [0.15, 0.2) is 0 Å². The summed E-state index contributed by atoms with van der Waals surface area (Å²) in [5, 5.41) is 27.8. The maximum Gasteiger partial charge on any atom is 0.119 e. The van der Waals surface area contributed by atoms with Crippen LogP contribution in [0.3, 0.4) is 0 Å². The number of phenolic OH excluding ortho intramolecular Hbond substituents is 2. The molecule has 0 spiro atoms. The van der Waals surface area contributed by atoms with Crippen LogP contribution >= 0.6 is 0 Å². The summed E-state index contributed by atoms with van der Waals surface area (Å²) >= 11 is 0. The molecule has 2 aromatic carbocycles. The molecular weight excluding hydrogens is 264 g/mol. The van der Waals surface area contributed by atoms with Gasteiger partial charge in [-0.25, -0.2) is 0 Å². The normalized spacial score (nSPS) is 12.0. The molecule has 2 rings (SSSR count). The Bertz CT molecular complexity index is 686. The highest BCUT2D eigenvalue weighted by Gasteiger charge is 2.18. The fourth-order valence-corrected chi connectivity index (χ4v) is 2.00. The van der Waals surface area contributed by atoms with Crippen molar-refractivity contribution in [2.24, 2.45) is 10.2 Å². The van der Waals surface area contributed by atoms with Crippen LogP contribution < -0.4 is 0 Å². The minimum atomic E-state index is -0.162. The fraction of sp³-hybridized carbons (Fsp3) is 0.294. The lowest BCUT2D eigenvalue weighted by Gasteiger charge is -2.20. The zero-order valence-corrected chi connectivity index (χ0v) is 12.8. The molecular formula is C17H20N2O2. The summed E-state index contributed by atoms with van der Waals surface area (Å²) in [5.74, 6) is 0.510. The van der Waals surface area contributed by atoms with Gasteiger partial charge in [0.05, 0.1) is 11.4 Å². The molecule has 0 aliphatic rings. The number of aryl methyl sites for hydroxylation is 1. The molecule has 110 valence electrons. The molecule has 0 amide bonds. The molecule has 0 aromatic heterocycles. The van der Waals surface area contributed by atoms with Gasteiger partial charge in [-0.3, -0.25) is 0 Å². The molecule has 0 bridgehead atoms. The molecule has 4 heteroatoms. The molecule has 0 saturated carbocycles. The summed E-state index contributed by atoms with van der Waals surface area (Å²) in [6, 6.07) is 10.3. The van der Waals surface area contributed by atoms with E-state index in [1.165, 1.54) is 0 Å². The third-order valence-electron chi connectivity index (χ3n) is 3.25. The summed E-state index contributed by atoms with van der Waals surface area (Å²) in [7, 11) is 0. The third-order valence-corrected chi connectivity index (χ3v) is 3.25. The van der Waals surface area contributed by atoms with Crippen molar-refractivity contribution in [1.82, 2.24) is 0 Å². The summed E-state index contributed by atoms with van der Waals surface area (Å²) in [6.07, 6.45) is 0. The Labute approximate surface area is 124 Å². The predicted octanol–water partition coefficient (Wildman–Crippen LogP) is 5.12. The molecule has 0 heterocycles. The number of hydrogen-bond acceptors (Lipinski definition) is 4. The average Bonchev–Trinajstić information content (AvgIpc) is 2.40. The van der Waals surface area contributed by atoms with E-state index in [-0.39, 0.29) is 16.9 Å². The Morgan fingerprint density at radius 3 is 1.86 bits per heavy atom. The first-order chi connectivity index (χ1) is 9.77. The Hall–Kier alpha value is -2.36. The second-order valence-corrected chi connectivity index (χ2v) is 6.12. The molecule has 0 saturated heterocycles. The van der Waals surface area contributed by atoms with Crippen LogP contribution in [0, 0.1) is 6.92 Å². The van der Waals surface area contributed by atoms with Gasteiger partial charge in [0.2, 0.25) is 0 Å². The first-order valence-electron chi connectivity index (χ1n) is 6.82. The number of azo groups is 1. The Morgan fingerprint density at radius 1 is 0.810 bits per heavy atom. The lowest BCUT2D eigenvalue weighted by Crippen LogP contribution is -2.10. The maximum absolute atomic E-state index is 9.92. The topological polar surface area (TPSA) is 65.2 Å². The Kier molecular flexibility index (Phi) is 3.98. The van der Waals surface area contributed by atoms with Crippen LogP contribution in [-0.4, -0.2) is 10.2 Å². The van der Waals surface area contributed by atoms with Crippen molar-refractivity contribution in [2.45, 2.75) is 33.1 Å². The van der Waals surface area contributed by atoms with Crippen molar-refractivity contribution >= 4 is 11.4 Å². The average molecular weight is 284 g/mol. The highest BCUT2D eigenvalue weighted by atomic mass is 16.3. The molecule has 0 atom stereocenters. The van der Waals surface area contributed by atoms with E-state index in [0.29, 0.717) is 11.4 Å².